The van der Waals surface area contributed by atoms with Crippen molar-refractivity contribution < 1.29 is 14.3 Å². The van der Waals surface area contributed by atoms with Crippen LogP contribution in [0.1, 0.15) is 27.2 Å². The number of rotatable bonds is 6. The summed E-state index contributed by atoms with van der Waals surface area (Å²) >= 11 is 0. The molecule has 0 aliphatic heterocycles. The Morgan fingerprint density at radius 3 is 2.28 bits per heavy atom. The van der Waals surface area contributed by atoms with Crippen LogP contribution in [0.2, 0.25) is 0 Å². The zero-order chi connectivity index (χ0) is 13.8. The second-order valence-corrected chi connectivity index (χ2v) is 4.71. The fourth-order valence-electron chi connectivity index (χ4n) is 1.79. The first-order valence-corrected chi connectivity index (χ1v) is 6.17. The average Bonchev–Trinajstić information content (AvgIpc) is 2.36. The van der Waals surface area contributed by atoms with E-state index in [0.717, 1.165) is 5.69 Å². The van der Waals surface area contributed by atoms with Crippen LogP contribution in [0.4, 0.5) is 10.1 Å². The molecule has 0 aliphatic carbocycles. The van der Waals surface area contributed by atoms with Crippen molar-refractivity contribution in [2.24, 2.45) is 5.41 Å². The number of carboxylic acid groups (broad SMARTS) is 1. The van der Waals surface area contributed by atoms with Crippen molar-refractivity contribution in [3.05, 3.63) is 30.1 Å². The Balaban J connectivity index is 2.91. The van der Waals surface area contributed by atoms with Crippen LogP contribution in [0.15, 0.2) is 24.3 Å². The Hall–Kier alpha value is -1.58. The van der Waals surface area contributed by atoms with Gasteiger partial charge in [-0.05, 0) is 44.5 Å². The van der Waals surface area contributed by atoms with E-state index in [0.29, 0.717) is 19.5 Å². The molecule has 4 heteroatoms. The van der Waals surface area contributed by atoms with E-state index in [-0.39, 0.29) is 5.82 Å². The third kappa shape index (κ3) is 3.22. The van der Waals surface area contributed by atoms with Crippen molar-refractivity contribution >= 4 is 11.7 Å². The monoisotopic (exact) mass is 253 g/mol. The van der Waals surface area contributed by atoms with Crippen molar-refractivity contribution in [3.63, 3.8) is 0 Å². The van der Waals surface area contributed by atoms with Gasteiger partial charge in [0.15, 0.2) is 0 Å². The molecule has 0 saturated heterocycles. The van der Waals surface area contributed by atoms with Crippen LogP contribution in [0, 0.1) is 11.2 Å². The molecule has 0 radical (unpaired) electrons. The highest BCUT2D eigenvalue weighted by atomic mass is 19.1. The first-order chi connectivity index (χ1) is 8.42. The van der Waals surface area contributed by atoms with Crippen LogP contribution in [0.25, 0.3) is 0 Å². The second kappa shape index (κ2) is 5.85. The number of hydrogen-bond donors (Lipinski definition) is 1. The van der Waals surface area contributed by atoms with Gasteiger partial charge in [0.25, 0.3) is 0 Å². The van der Waals surface area contributed by atoms with E-state index in [1.807, 2.05) is 18.7 Å². The Kier molecular flexibility index (Phi) is 4.70. The van der Waals surface area contributed by atoms with Crippen LogP contribution < -0.4 is 4.90 Å². The Bertz CT molecular complexity index is 405. The van der Waals surface area contributed by atoms with Gasteiger partial charge >= 0.3 is 5.97 Å². The van der Waals surface area contributed by atoms with E-state index < -0.39 is 11.4 Å². The lowest BCUT2D eigenvalue weighted by atomic mass is 9.87. The summed E-state index contributed by atoms with van der Waals surface area (Å²) in [4.78, 5) is 13.3. The minimum absolute atomic E-state index is 0.286. The number of benzene rings is 1. The maximum absolute atomic E-state index is 12.9. The molecule has 0 spiro atoms. The van der Waals surface area contributed by atoms with Crippen molar-refractivity contribution in [1.29, 1.82) is 0 Å². The lowest BCUT2D eigenvalue weighted by molar-refractivity contribution is -0.147. The summed E-state index contributed by atoms with van der Waals surface area (Å²) in [6.07, 6.45) is 0.556. The molecule has 1 N–H and O–H groups in total. The zero-order valence-electron chi connectivity index (χ0n) is 11.1. The van der Waals surface area contributed by atoms with Crippen molar-refractivity contribution in [1.82, 2.24) is 0 Å². The van der Waals surface area contributed by atoms with Gasteiger partial charge in [-0.25, -0.2) is 4.39 Å². The first kappa shape index (κ1) is 14.5. The SMILES string of the molecule is CCN(CC(C)(CC)C(=O)O)c1ccc(F)cc1. The second-order valence-electron chi connectivity index (χ2n) is 4.71. The molecule has 1 unspecified atom stereocenters. The number of hydrogen-bond acceptors (Lipinski definition) is 2. The molecule has 0 saturated carbocycles. The quantitative estimate of drug-likeness (QED) is 0.846. The van der Waals surface area contributed by atoms with Gasteiger partial charge in [-0.2, -0.15) is 0 Å². The summed E-state index contributed by atoms with van der Waals surface area (Å²) < 4.78 is 12.9. The summed E-state index contributed by atoms with van der Waals surface area (Å²) in [5.41, 5.74) is 0.0598. The fourth-order valence-corrected chi connectivity index (χ4v) is 1.79. The smallest absolute Gasteiger partial charge is 0.311 e. The van der Waals surface area contributed by atoms with Crippen LogP contribution >= 0.6 is 0 Å². The van der Waals surface area contributed by atoms with E-state index in [4.69, 9.17) is 0 Å². The van der Waals surface area contributed by atoms with Crippen LogP contribution in [0.3, 0.4) is 0 Å². The van der Waals surface area contributed by atoms with Gasteiger partial charge in [0, 0.05) is 18.8 Å². The Morgan fingerprint density at radius 1 is 1.33 bits per heavy atom. The molecule has 0 amide bonds. The minimum Gasteiger partial charge on any atom is -0.481 e. The predicted molar refractivity (Wildman–Crippen MR) is 70.3 cm³/mol. The zero-order valence-corrected chi connectivity index (χ0v) is 11.1. The van der Waals surface area contributed by atoms with Crippen molar-refractivity contribution in [2.75, 3.05) is 18.0 Å². The summed E-state index contributed by atoms with van der Waals surface area (Å²) in [5, 5.41) is 9.28. The highest BCUT2D eigenvalue weighted by Gasteiger charge is 2.33. The molecular formula is C14H20FNO2. The minimum atomic E-state index is -0.800. The number of carbonyl (C=O) groups is 1. The van der Waals surface area contributed by atoms with E-state index >= 15 is 0 Å². The molecule has 18 heavy (non-hydrogen) atoms. The number of anilines is 1. The predicted octanol–water partition coefficient (Wildman–Crippen LogP) is 3.15. The van der Waals surface area contributed by atoms with Gasteiger partial charge < -0.3 is 10.0 Å². The largest absolute Gasteiger partial charge is 0.481 e. The maximum Gasteiger partial charge on any atom is 0.311 e. The normalized spacial score (nSPS) is 14.0. The van der Waals surface area contributed by atoms with E-state index in [2.05, 4.69) is 0 Å². The average molecular weight is 253 g/mol. The molecule has 100 valence electrons. The standard InChI is InChI=1S/C14H20FNO2/c1-4-14(3,13(17)18)10-16(5-2)12-8-6-11(15)7-9-12/h6-9H,4-5,10H2,1-3H3,(H,17,18). The number of halogens is 1. The Labute approximate surface area is 107 Å². The van der Waals surface area contributed by atoms with Crippen molar-refractivity contribution in [2.45, 2.75) is 27.2 Å². The molecule has 0 fully saturated rings. The molecule has 0 heterocycles. The fraction of sp³-hybridized carbons (Fsp3) is 0.500. The van der Waals surface area contributed by atoms with Gasteiger partial charge in [-0.3, -0.25) is 4.79 Å². The van der Waals surface area contributed by atoms with Crippen LogP contribution in [-0.2, 0) is 4.79 Å². The van der Waals surface area contributed by atoms with E-state index in [1.165, 1.54) is 12.1 Å². The molecule has 0 aromatic heterocycles. The topological polar surface area (TPSA) is 40.5 Å². The van der Waals surface area contributed by atoms with Crippen molar-refractivity contribution in [3.8, 4) is 0 Å². The summed E-state index contributed by atoms with van der Waals surface area (Å²) in [7, 11) is 0. The third-order valence-corrected chi connectivity index (χ3v) is 3.41. The van der Waals surface area contributed by atoms with Gasteiger partial charge in [0.05, 0.1) is 5.41 Å². The molecule has 0 aliphatic rings. The highest BCUT2D eigenvalue weighted by molar-refractivity contribution is 5.75. The number of nitrogens with zero attached hydrogens (tertiary/aromatic N) is 1. The van der Waals surface area contributed by atoms with E-state index in [1.54, 1.807) is 19.1 Å². The van der Waals surface area contributed by atoms with Crippen LogP contribution in [-0.4, -0.2) is 24.2 Å². The summed E-state index contributed by atoms with van der Waals surface area (Å²) in [6, 6.07) is 6.14. The molecule has 1 rings (SSSR count). The molecule has 1 aromatic rings. The first-order valence-electron chi connectivity index (χ1n) is 6.17. The summed E-state index contributed by atoms with van der Waals surface area (Å²) in [6.45, 7) is 6.67. The van der Waals surface area contributed by atoms with Crippen LogP contribution in [0.5, 0.6) is 0 Å². The molecule has 0 bridgehead atoms. The lowest BCUT2D eigenvalue weighted by Crippen LogP contribution is -2.41. The lowest BCUT2D eigenvalue weighted by Gasteiger charge is -2.32. The molecule has 1 atom stereocenters. The van der Waals surface area contributed by atoms with Gasteiger partial charge in [-0.15, -0.1) is 0 Å². The maximum atomic E-state index is 12.9. The highest BCUT2D eigenvalue weighted by Crippen LogP contribution is 2.26. The molecule has 3 nitrogen and oxygen atoms in total. The summed E-state index contributed by atoms with van der Waals surface area (Å²) in [5.74, 6) is -1.09. The number of aliphatic carboxylic acids is 1. The van der Waals surface area contributed by atoms with Gasteiger partial charge in [0.2, 0.25) is 0 Å². The van der Waals surface area contributed by atoms with Gasteiger partial charge in [0.1, 0.15) is 5.82 Å². The molecular weight excluding hydrogens is 233 g/mol. The third-order valence-electron chi connectivity index (χ3n) is 3.41. The number of carboxylic acids is 1. The van der Waals surface area contributed by atoms with E-state index in [9.17, 15) is 14.3 Å². The van der Waals surface area contributed by atoms with Gasteiger partial charge in [-0.1, -0.05) is 6.92 Å². The Morgan fingerprint density at radius 2 is 1.89 bits per heavy atom. The molecule has 1 aromatic carbocycles.